The summed E-state index contributed by atoms with van der Waals surface area (Å²) < 4.78 is 48.0. The van der Waals surface area contributed by atoms with E-state index < -0.39 is 17.8 Å². The van der Waals surface area contributed by atoms with Crippen LogP contribution < -0.4 is 9.75 Å². The fourth-order valence-electron chi connectivity index (χ4n) is 3.73. The summed E-state index contributed by atoms with van der Waals surface area (Å²) in [7, 11) is 0. The zero-order valence-corrected chi connectivity index (χ0v) is 16.5. The van der Waals surface area contributed by atoms with E-state index in [-0.39, 0.29) is 17.5 Å². The first-order valence-electron chi connectivity index (χ1n) is 9.21. The number of aromatic nitrogens is 1. The minimum Gasteiger partial charge on any atom is -0.492 e. The largest absolute Gasteiger partial charge is 0.492 e. The van der Waals surface area contributed by atoms with Crippen molar-refractivity contribution in [2.24, 2.45) is 11.0 Å². The highest BCUT2D eigenvalue weighted by Crippen LogP contribution is 2.50. The number of hydrogen-bond acceptors (Lipinski definition) is 6. The van der Waals surface area contributed by atoms with Crippen LogP contribution in [0.2, 0.25) is 0 Å². The van der Waals surface area contributed by atoms with E-state index in [0.29, 0.717) is 22.0 Å². The molecule has 0 radical (unpaired) electrons. The number of nitrogens with zero attached hydrogens (tertiary/aromatic N) is 3. The molecule has 2 aromatic carbocycles. The van der Waals surface area contributed by atoms with Gasteiger partial charge in [-0.15, -0.1) is 11.3 Å². The van der Waals surface area contributed by atoms with Gasteiger partial charge in [-0.05, 0) is 19.1 Å². The molecule has 9 heteroatoms. The van der Waals surface area contributed by atoms with Gasteiger partial charge in [-0.1, -0.05) is 42.0 Å². The van der Waals surface area contributed by atoms with E-state index in [0.717, 1.165) is 22.5 Å². The van der Waals surface area contributed by atoms with Gasteiger partial charge >= 0.3 is 6.18 Å². The van der Waals surface area contributed by atoms with Gasteiger partial charge in [0.25, 0.3) is 5.72 Å². The molecule has 0 saturated heterocycles. The Balaban J connectivity index is 1.61. The number of halogens is 3. The molecule has 2 aliphatic rings. The van der Waals surface area contributed by atoms with Crippen molar-refractivity contribution in [3.8, 4) is 17.0 Å². The summed E-state index contributed by atoms with van der Waals surface area (Å²) in [4.78, 5) is 4.35. The Morgan fingerprint density at radius 3 is 2.63 bits per heavy atom. The van der Waals surface area contributed by atoms with Crippen molar-refractivity contribution in [3.63, 3.8) is 0 Å². The second kappa shape index (κ2) is 6.55. The van der Waals surface area contributed by atoms with Crippen LogP contribution in [0.3, 0.4) is 0 Å². The van der Waals surface area contributed by atoms with E-state index in [1.807, 2.05) is 31.2 Å². The van der Waals surface area contributed by atoms with Crippen LogP contribution in [0.25, 0.3) is 11.3 Å². The van der Waals surface area contributed by atoms with Crippen molar-refractivity contribution >= 4 is 22.2 Å². The van der Waals surface area contributed by atoms with Gasteiger partial charge < -0.3 is 9.84 Å². The number of alkyl halides is 3. The van der Waals surface area contributed by atoms with Crippen molar-refractivity contribution < 1.29 is 23.0 Å². The first-order valence-corrected chi connectivity index (χ1v) is 10.1. The molecule has 154 valence electrons. The highest BCUT2D eigenvalue weighted by Gasteiger charge is 2.69. The lowest BCUT2D eigenvalue weighted by atomic mass is 9.86. The first-order chi connectivity index (χ1) is 14.3. The Morgan fingerprint density at radius 1 is 1.17 bits per heavy atom. The Hall–Kier alpha value is -2.91. The van der Waals surface area contributed by atoms with Crippen molar-refractivity contribution in [1.82, 2.24) is 4.98 Å². The molecule has 2 atom stereocenters. The predicted octanol–water partition coefficient (Wildman–Crippen LogP) is 4.60. The molecule has 3 heterocycles. The minimum absolute atomic E-state index is 0.0372. The lowest BCUT2D eigenvalue weighted by molar-refractivity contribution is -0.270. The number of rotatable bonds is 2. The second-order valence-electron chi connectivity index (χ2n) is 7.26. The van der Waals surface area contributed by atoms with Gasteiger partial charge in [-0.25, -0.2) is 4.98 Å². The summed E-state index contributed by atoms with van der Waals surface area (Å²) in [5, 5.41) is 17.4. The van der Waals surface area contributed by atoms with E-state index in [9.17, 15) is 18.3 Å². The Morgan fingerprint density at radius 2 is 1.90 bits per heavy atom. The lowest BCUT2D eigenvalue weighted by Gasteiger charge is -2.38. The van der Waals surface area contributed by atoms with Gasteiger partial charge in [0, 0.05) is 16.5 Å². The van der Waals surface area contributed by atoms with Crippen molar-refractivity contribution in [2.45, 2.75) is 18.8 Å². The average molecular weight is 431 g/mol. The number of fused-ring (bicyclic) bond motifs is 3. The van der Waals surface area contributed by atoms with Crippen molar-refractivity contribution in [2.75, 3.05) is 11.6 Å². The number of aryl methyl sites for hydroxylation is 1. The molecule has 0 amide bonds. The summed E-state index contributed by atoms with van der Waals surface area (Å²) in [6.45, 7) is 1.61. The van der Waals surface area contributed by atoms with Crippen LogP contribution in [0, 0.1) is 12.8 Å². The van der Waals surface area contributed by atoms with E-state index in [4.69, 9.17) is 4.74 Å². The monoisotopic (exact) mass is 431 g/mol. The topological polar surface area (TPSA) is 58.0 Å². The lowest BCUT2D eigenvalue weighted by Crippen LogP contribution is -2.61. The molecule has 0 saturated carbocycles. The molecule has 0 unspecified atom stereocenters. The average Bonchev–Trinajstić information content (AvgIpc) is 3.32. The number of hydrogen-bond donors (Lipinski definition) is 1. The third kappa shape index (κ3) is 2.73. The van der Waals surface area contributed by atoms with Crippen LogP contribution in [0.4, 0.5) is 18.3 Å². The van der Waals surface area contributed by atoms with Crippen LogP contribution in [0.15, 0.2) is 59.0 Å². The number of thiazole rings is 1. The molecular formula is C21H16F3N3O2S. The fraction of sp³-hybridized carbons (Fsp3) is 0.238. The molecule has 5 rings (SSSR count). The first kappa shape index (κ1) is 19.1. The van der Waals surface area contributed by atoms with Crippen molar-refractivity contribution in [1.29, 1.82) is 0 Å². The third-order valence-corrected chi connectivity index (χ3v) is 6.17. The predicted molar refractivity (Wildman–Crippen MR) is 108 cm³/mol. The molecule has 0 bridgehead atoms. The van der Waals surface area contributed by atoms with Crippen LogP contribution in [-0.4, -0.2) is 34.3 Å². The zero-order chi connectivity index (χ0) is 21.1. The number of anilines is 1. The van der Waals surface area contributed by atoms with E-state index >= 15 is 0 Å². The van der Waals surface area contributed by atoms with Gasteiger partial charge in [0.15, 0.2) is 0 Å². The molecule has 30 heavy (non-hydrogen) atoms. The zero-order valence-electron chi connectivity index (χ0n) is 15.7. The van der Waals surface area contributed by atoms with Gasteiger partial charge in [0.2, 0.25) is 5.13 Å². The van der Waals surface area contributed by atoms with Gasteiger partial charge in [0.1, 0.15) is 12.4 Å². The second-order valence-corrected chi connectivity index (χ2v) is 8.10. The Bertz CT molecular complexity index is 1140. The molecule has 3 aromatic rings. The molecule has 2 aliphatic heterocycles. The standard InChI is InChI=1S/C21H16F3N3O2S/c1-12-6-8-13(9-7-12)16-11-30-19(25-16)27-20(28,21(22,23)24)15-10-29-17-5-3-2-4-14(17)18(15)26-27/h2-9,11,15,28H,10H2,1H3/t15-,20-/m0/s1. The third-order valence-electron chi connectivity index (χ3n) is 5.35. The molecule has 5 nitrogen and oxygen atoms in total. The van der Waals surface area contributed by atoms with E-state index in [1.165, 1.54) is 0 Å². The number of benzene rings is 2. The van der Waals surface area contributed by atoms with Gasteiger partial charge in [-0.2, -0.15) is 23.3 Å². The van der Waals surface area contributed by atoms with Crippen LogP contribution in [0.1, 0.15) is 11.1 Å². The summed E-state index contributed by atoms with van der Waals surface area (Å²) >= 11 is 0.998. The normalized spacial score (nSPS) is 22.9. The molecule has 0 aliphatic carbocycles. The maximum absolute atomic E-state index is 14.2. The summed E-state index contributed by atoms with van der Waals surface area (Å²) in [6.07, 6.45) is -4.98. The molecule has 0 spiro atoms. The molecule has 1 N–H and O–H groups in total. The number of aliphatic hydroxyl groups is 1. The van der Waals surface area contributed by atoms with Crippen molar-refractivity contribution in [3.05, 3.63) is 65.0 Å². The van der Waals surface area contributed by atoms with Gasteiger partial charge in [-0.3, -0.25) is 0 Å². The minimum atomic E-state index is -4.98. The van der Waals surface area contributed by atoms with Crippen LogP contribution in [-0.2, 0) is 0 Å². The quantitative estimate of drug-likeness (QED) is 0.644. The van der Waals surface area contributed by atoms with Crippen LogP contribution in [0.5, 0.6) is 5.75 Å². The SMILES string of the molecule is Cc1ccc(-c2csc(N3N=C4c5ccccc5OC[C@@H]4[C@]3(O)C(F)(F)F)n2)cc1. The van der Waals surface area contributed by atoms with E-state index in [2.05, 4.69) is 10.1 Å². The fourth-order valence-corrected chi connectivity index (χ4v) is 4.57. The number of ether oxygens (including phenoxy) is 1. The number of hydrazone groups is 1. The van der Waals surface area contributed by atoms with Gasteiger partial charge in [0.05, 0.1) is 17.3 Å². The molecule has 1 aromatic heterocycles. The maximum Gasteiger partial charge on any atom is 0.439 e. The molecule has 0 fully saturated rings. The maximum atomic E-state index is 14.2. The highest BCUT2D eigenvalue weighted by molar-refractivity contribution is 7.14. The van der Waals surface area contributed by atoms with E-state index in [1.54, 1.807) is 29.6 Å². The summed E-state index contributed by atoms with van der Waals surface area (Å²) in [5.41, 5.74) is -0.312. The molecular weight excluding hydrogens is 415 g/mol. The highest BCUT2D eigenvalue weighted by atomic mass is 32.1. The Labute approximate surface area is 174 Å². The number of para-hydroxylation sites is 1. The summed E-state index contributed by atoms with van der Waals surface area (Å²) in [6, 6.07) is 14.2. The van der Waals surface area contributed by atoms with Crippen LogP contribution >= 0.6 is 11.3 Å². The Kier molecular flexibility index (Phi) is 4.16. The smallest absolute Gasteiger partial charge is 0.439 e. The summed E-state index contributed by atoms with van der Waals surface area (Å²) in [5.74, 6) is -0.947.